The van der Waals surface area contributed by atoms with Gasteiger partial charge in [-0.25, -0.2) is 0 Å². The molecule has 0 atom stereocenters. The molecule has 14 heavy (non-hydrogen) atoms. The first-order chi connectivity index (χ1) is 6.40. The van der Waals surface area contributed by atoms with E-state index in [1.807, 2.05) is 12.1 Å². The molecule has 0 aromatic heterocycles. The van der Waals surface area contributed by atoms with Crippen molar-refractivity contribution in [1.82, 2.24) is 0 Å². The Morgan fingerprint density at radius 3 is 3.07 bits per heavy atom. The summed E-state index contributed by atoms with van der Waals surface area (Å²) in [4.78, 5) is 10.3. The molecule has 71 valence electrons. The predicted octanol–water partition coefficient (Wildman–Crippen LogP) is 2.38. The van der Waals surface area contributed by atoms with E-state index in [9.17, 15) is 4.79 Å². The van der Waals surface area contributed by atoms with Crippen LogP contribution in [-0.2, 0) is 17.6 Å². The standard InChI is InChI=1S/C11H12NO.Ac/c13-7-5-9-3-4-11-10(8-9)2-1-6-12-11;/h3-4,7-8H,1-2,5-6H2;/q-1;. The number of aldehydes is 1. The van der Waals surface area contributed by atoms with Crippen LogP contribution < -0.4 is 0 Å². The molecule has 0 N–H and O–H groups in total. The molecule has 0 fully saturated rings. The Kier molecular flexibility index (Phi) is 5.12. The Bertz CT molecular complexity index is 325. The summed E-state index contributed by atoms with van der Waals surface area (Å²) in [6.45, 7) is 0.944. The second-order valence-electron chi connectivity index (χ2n) is 3.32. The first kappa shape index (κ1) is 12.2. The third-order valence-electron chi connectivity index (χ3n) is 2.35. The van der Waals surface area contributed by atoms with Gasteiger partial charge >= 0.3 is 0 Å². The summed E-state index contributed by atoms with van der Waals surface area (Å²) >= 11 is 0. The molecule has 1 aliphatic heterocycles. The minimum atomic E-state index is 0. The van der Waals surface area contributed by atoms with E-state index in [-0.39, 0.29) is 44.1 Å². The molecule has 0 amide bonds. The first-order valence-corrected chi connectivity index (χ1v) is 4.63. The maximum absolute atomic E-state index is 10.3. The fourth-order valence-electron chi connectivity index (χ4n) is 1.69. The fourth-order valence-corrected chi connectivity index (χ4v) is 1.69. The molecule has 1 aromatic rings. The Labute approximate surface area is 120 Å². The van der Waals surface area contributed by atoms with Crippen LogP contribution in [0.25, 0.3) is 5.32 Å². The van der Waals surface area contributed by atoms with Gasteiger partial charge in [-0.05, 0) is 12.0 Å². The van der Waals surface area contributed by atoms with E-state index < -0.39 is 0 Å². The summed E-state index contributed by atoms with van der Waals surface area (Å²) < 4.78 is 0. The van der Waals surface area contributed by atoms with E-state index in [0.717, 1.165) is 36.9 Å². The van der Waals surface area contributed by atoms with E-state index in [1.165, 1.54) is 5.56 Å². The van der Waals surface area contributed by atoms with Crippen LogP contribution in [0.2, 0.25) is 0 Å². The summed E-state index contributed by atoms with van der Waals surface area (Å²) in [5.74, 6) is 0. The van der Waals surface area contributed by atoms with Crippen molar-refractivity contribution in [2.75, 3.05) is 6.54 Å². The van der Waals surface area contributed by atoms with Crippen molar-refractivity contribution in [3.8, 4) is 0 Å². The summed E-state index contributed by atoms with van der Waals surface area (Å²) in [5, 5.41) is 4.41. The van der Waals surface area contributed by atoms with Crippen molar-refractivity contribution in [1.29, 1.82) is 0 Å². The number of nitrogens with zero attached hydrogens (tertiary/aromatic N) is 1. The van der Waals surface area contributed by atoms with Crippen LogP contribution in [0.15, 0.2) is 18.2 Å². The van der Waals surface area contributed by atoms with E-state index in [2.05, 4.69) is 11.4 Å². The van der Waals surface area contributed by atoms with Crippen molar-refractivity contribution in [2.45, 2.75) is 19.3 Å². The zero-order valence-corrected chi connectivity index (χ0v) is 12.8. The van der Waals surface area contributed by atoms with Crippen molar-refractivity contribution >= 4 is 12.0 Å². The molecular formula is C11H12AcNO-. The molecule has 0 saturated heterocycles. The fraction of sp³-hybridized carbons (Fsp3) is 0.364. The van der Waals surface area contributed by atoms with Crippen molar-refractivity contribution in [3.05, 3.63) is 34.6 Å². The van der Waals surface area contributed by atoms with E-state index in [4.69, 9.17) is 0 Å². The second-order valence-corrected chi connectivity index (χ2v) is 3.32. The monoisotopic (exact) mass is 401 g/mol. The quantitative estimate of drug-likeness (QED) is 0.701. The van der Waals surface area contributed by atoms with E-state index >= 15 is 0 Å². The predicted molar refractivity (Wildman–Crippen MR) is 52.4 cm³/mol. The Hall–Kier alpha value is 0.132. The van der Waals surface area contributed by atoms with Crippen LogP contribution >= 0.6 is 0 Å². The number of benzene rings is 1. The van der Waals surface area contributed by atoms with Gasteiger partial charge in [-0.15, -0.1) is 12.2 Å². The van der Waals surface area contributed by atoms with Gasteiger partial charge in [-0.1, -0.05) is 30.2 Å². The van der Waals surface area contributed by atoms with Gasteiger partial charge in [0.2, 0.25) is 0 Å². The van der Waals surface area contributed by atoms with Gasteiger partial charge in [0.15, 0.2) is 0 Å². The molecule has 0 spiro atoms. The molecule has 2 nitrogen and oxygen atoms in total. The second kappa shape index (κ2) is 5.88. The van der Waals surface area contributed by atoms with Gasteiger partial charge in [-0.3, -0.25) is 0 Å². The molecule has 3 heteroatoms. The number of aryl methyl sites for hydroxylation is 1. The van der Waals surface area contributed by atoms with Crippen molar-refractivity contribution < 1.29 is 48.9 Å². The molecule has 1 radical (unpaired) electrons. The van der Waals surface area contributed by atoms with E-state index in [0.29, 0.717) is 6.42 Å². The number of hydrogen-bond acceptors (Lipinski definition) is 1. The zero-order chi connectivity index (χ0) is 9.10. The topological polar surface area (TPSA) is 31.2 Å². The average Bonchev–Trinajstić information content (AvgIpc) is 2.18. The minimum Gasteiger partial charge on any atom is -0.684 e. The van der Waals surface area contributed by atoms with Crippen molar-refractivity contribution in [2.24, 2.45) is 0 Å². The SMILES string of the molecule is O=CCc1ccc2c(c1)CCC[N-]2.[Ac]. The largest absolute Gasteiger partial charge is 0.684 e. The molecular weight excluding hydrogens is 389 g/mol. The average molecular weight is 401 g/mol. The maximum Gasteiger partial charge on any atom is 0.124 e. The van der Waals surface area contributed by atoms with Gasteiger partial charge in [0.25, 0.3) is 0 Å². The summed E-state index contributed by atoms with van der Waals surface area (Å²) in [6, 6.07) is 6.11. The smallest absolute Gasteiger partial charge is 0.124 e. The van der Waals surface area contributed by atoms with E-state index in [1.54, 1.807) is 0 Å². The summed E-state index contributed by atoms with van der Waals surface area (Å²) in [5.41, 5.74) is 3.51. The Balaban J connectivity index is 0.000000980. The number of carbonyl (C=O) groups excluding carboxylic acids is 1. The van der Waals surface area contributed by atoms with Crippen LogP contribution in [0.3, 0.4) is 0 Å². The van der Waals surface area contributed by atoms with Crippen molar-refractivity contribution in [3.63, 3.8) is 0 Å². The van der Waals surface area contributed by atoms with Crippen LogP contribution in [0, 0.1) is 44.1 Å². The van der Waals surface area contributed by atoms with Crippen LogP contribution in [0.5, 0.6) is 0 Å². The molecule has 2 rings (SSSR count). The maximum atomic E-state index is 10.3. The number of rotatable bonds is 2. The molecule has 0 bridgehead atoms. The third kappa shape index (κ3) is 2.81. The van der Waals surface area contributed by atoms with Crippen LogP contribution in [0.4, 0.5) is 5.69 Å². The number of carbonyl (C=O) groups is 1. The Morgan fingerprint density at radius 1 is 1.43 bits per heavy atom. The Morgan fingerprint density at radius 2 is 2.29 bits per heavy atom. The normalized spacial score (nSPS) is 13.4. The molecule has 1 aliphatic rings. The zero-order valence-electron chi connectivity index (χ0n) is 8.07. The van der Waals surface area contributed by atoms with Crippen LogP contribution in [0.1, 0.15) is 17.5 Å². The minimum absolute atomic E-state index is 0. The summed E-state index contributed by atoms with van der Waals surface area (Å²) in [6.07, 6.45) is 3.71. The molecule has 0 aliphatic carbocycles. The molecule has 1 heterocycles. The molecule has 0 unspecified atom stereocenters. The summed E-state index contributed by atoms with van der Waals surface area (Å²) in [7, 11) is 0. The van der Waals surface area contributed by atoms with Gasteiger partial charge in [0.1, 0.15) is 6.29 Å². The van der Waals surface area contributed by atoms with Gasteiger partial charge in [-0.2, -0.15) is 0 Å². The molecule has 1 aromatic carbocycles. The molecule has 0 saturated carbocycles. The third-order valence-corrected chi connectivity index (χ3v) is 2.35. The van der Waals surface area contributed by atoms with Crippen LogP contribution in [-0.4, -0.2) is 12.8 Å². The first-order valence-electron chi connectivity index (χ1n) is 4.63. The van der Waals surface area contributed by atoms with Gasteiger partial charge in [0, 0.05) is 50.5 Å². The number of hydrogen-bond donors (Lipinski definition) is 0. The van der Waals surface area contributed by atoms with Gasteiger partial charge < -0.3 is 10.1 Å². The van der Waals surface area contributed by atoms with Gasteiger partial charge in [0.05, 0.1) is 0 Å². The number of fused-ring (bicyclic) bond motifs is 1.